The van der Waals surface area contributed by atoms with Crippen molar-refractivity contribution in [3.05, 3.63) is 78.5 Å². The van der Waals surface area contributed by atoms with Crippen molar-refractivity contribution in [1.82, 2.24) is 4.57 Å². The molecule has 1 aliphatic heterocycles. The molecule has 35 heavy (non-hydrogen) atoms. The summed E-state index contributed by atoms with van der Waals surface area (Å²) in [6, 6.07) is 10.0. The van der Waals surface area contributed by atoms with Crippen LogP contribution in [0.15, 0.2) is 57.5 Å². The van der Waals surface area contributed by atoms with E-state index in [0.717, 1.165) is 5.56 Å². The third-order valence-electron chi connectivity index (χ3n) is 5.86. The molecule has 0 saturated carbocycles. The van der Waals surface area contributed by atoms with Crippen molar-refractivity contribution in [1.29, 1.82) is 0 Å². The van der Waals surface area contributed by atoms with Gasteiger partial charge in [-0.15, -0.1) is 0 Å². The molecule has 0 spiro atoms. The van der Waals surface area contributed by atoms with Crippen LogP contribution < -0.4 is 33.8 Å². The Bertz CT molecular complexity index is 1520. The second-order valence-corrected chi connectivity index (χ2v) is 8.86. The number of fused-ring (bicyclic) bond motifs is 1. The maximum absolute atomic E-state index is 13.7. The number of ether oxygens (including phenoxy) is 4. The van der Waals surface area contributed by atoms with E-state index in [9.17, 15) is 9.59 Å². The number of allylic oxidation sites excluding steroid dienone is 2. The van der Waals surface area contributed by atoms with E-state index in [-0.39, 0.29) is 11.3 Å². The number of carbonyl (C=O) groups is 1. The zero-order chi connectivity index (χ0) is 25.3. The first-order valence-corrected chi connectivity index (χ1v) is 11.6. The topological polar surface area (TPSA) is 88.3 Å². The molecular formula is C26H26N2O6S. The fraction of sp³-hybridized carbons (Fsp3) is 0.269. The Hall–Kier alpha value is -3.85. The molecule has 2 heterocycles. The molecule has 4 rings (SSSR count). The van der Waals surface area contributed by atoms with Crippen molar-refractivity contribution < 1.29 is 23.7 Å². The highest BCUT2D eigenvalue weighted by Crippen LogP contribution is 2.37. The lowest BCUT2D eigenvalue weighted by molar-refractivity contribution is -0.114. The molecule has 8 nitrogen and oxygen atoms in total. The molecule has 0 N–H and O–H groups in total. The van der Waals surface area contributed by atoms with Gasteiger partial charge in [-0.2, -0.15) is 0 Å². The van der Waals surface area contributed by atoms with Gasteiger partial charge in [0, 0.05) is 34.5 Å². The van der Waals surface area contributed by atoms with Crippen molar-refractivity contribution in [2.75, 3.05) is 28.4 Å². The summed E-state index contributed by atoms with van der Waals surface area (Å²) in [5, 5.41) is 0. The maximum Gasteiger partial charge on any atom is 0.271 e. The number of nitrogens with zero attached hydrogens (tertiary/aromatic N) is 2. The molecule has 9 heteroatoms. The molecule has 0 bridgehead atoms. The van der Waals surface area contributed by atoms with Gasteiger partial charge in [-0.1, -0.05) is 11.3 Å². The molecule has 1 aromatic heterocycles. The lowest BCUT2D eigenvalue weighted by Crippen LogP contribution is -2.39. The van der Waals surface area contributed by atoms with E-state index < -0.39 is 6.04 Å². The number of rotatable bonds is 7. The third-order valence-corrected chi connectivity index (χ3v) is 6.85. The van der Waals surface area contributed by atoms with Crippen molar-refractivity contribution >= 4 is 23.2 Å². The van der Waals surface area contributed by atoms with Crippen LogP contribution in [0.5, 0.6) is 23.0 Å². The van der Waals surface area contributed by atoms with Gasteiger partial charge in [-0.05, 0) is 44.2 Å². The molecule has 0 fully saturated rings. The molecule has 2 aromatic carbocycles. The minimum atomic E-state index is -0.690. The molecule has 3 aromatic rings. The van der Waals surface area contributed by atoms with Crippen LogP contribution in [0.3, 0.4) is 0 Å². The van der Waals surface area contributed by atoms with Crippen LogP contribution in [0, 0.1) is 0 Å². The molecule has 0 amide bonds. The van der Waals surface area contributed by atoms with Gasteiger partial charge < -0.3 is 18.9 Å². The third kappa shape index (κ3) is 4.35. The van der Waals surface area contributed by atoms with E-state index in [1.165, 1.54) is 18.3 Å². The smallest absolute Gasteiger partial charge is 0.271 e. The number of methoxy groups -OCH3 is 4. The van der Waals surface area contributed by atoms with E-state index in [4.69, 9.17) is 18.9 Å². The Balaban J connectivity index is 1.99. The summed E-state index contributed by atoms with van der Waals surface area (Å²) in [7, 11) is 6.25. The molecule has 1 aliphatic rings. The Kier molecular flexibility index (Phi) is 6.79. The van der Waals surface area contributed by atoms with Gasteiger partial charge >= 0.3 is 0 Å². The van der Waals surface area contributed by atoms with Crippen LogP contribution in [-0.2, 0) is 4.79 Å². The van der Waals surface area contributed by atoms with Crippen molar-refractivity contribution in [3.8, 4) is 23.0 Å². The summed E-state index contributed by atoms with van der Waals surface area (Å²) < 4.78 is 23.7. The Morgan fingerprint density at radius 2 is 1.60 bits per heavy atom. The number of ketones is 1. The second kappa shape index (κ2) is 9.79. The standard InChI is InChI=1S/C26H26N2O6S/c1-14-23(15(2)29)24(19-10-9-18(32-4)13-21(19)34-6)28-25(30)22(35-26(28)27-14)11-16-7-8-17(31-3)12-20(16)33-5/h7-13,24H,1-6H3/b22-11-. The normalized spacial score (nSPS) is 15.4. The molecule has 0 aliphatic carbocycles. The molecular weight excluding hydrogens is 468 g/mol. The Morgan fingerprint density at radius 1 is 0.971 bits per heavy atom. The molecule has 182 valence electrons. The fourth-order valence-electron chi connectivity index (χ4n) is 4.19. The highest BCUT2D eigenvalue weighted by Gasteiger charge is 2.32. The number of Topliss-reactive ketones (excluding diaryl/α,β-unsaturated/α-hetero) is 1. The van der Waals surface area contributed by atoms with Crippen molar-refractivity contribution in [2.45, 2.75) is 19.9 Å². The number of aromatic nitrogens is 1. The van der Waals surface area contributed by atoms with Gasteiger partial charge in [0.15, 0.2) is 10.6 Å². The molecule has 1 unspecified atom stereocenters. The van der Waals surface area contributed by atoms with Gasteiger partial charge in [-0.25, -0.2) is 4.99 Å². The minimum absolute atomic E-state index is 0.166. The highest BCUT2D eigenvalue weighted by atomic mass is 32.1. The van der Waals surface area contributed by atoms with E-state index >= 15 is 0 Å². The fourth-order valence-corrected chi connectivity index (χ4v) is 5.23. The van der Waals surface area contributed by atoms with Gasteiger partial charge in [0.1, 0.15) is 23.0 Å². The highest BCUT2D eigenvalue weighted by molar-refractivity contribution is 7.07. The molecule has 0 saturated heterocycles. The predicted molar refractivity (Wildman–Crippen MR) is 134 cm³/mol. The van der Waals surface area contributed by atoms with Crippen LogP contribution >= 0.6 is 11.3 Å². The van der Waals surface area contributed by atoms with Crippen LogP contribution in [0.4, 0.5) is 0 Å². The summed E-state index contributed by atoms with van der Waals surface area (Å²) in [5.74, 6) is 2.17. The van der Waals surface area contributed by atoms with E-state index in [0.29, 0.717) is 49.2 Å². The average molecular weight is 495 g/mol. The predicted octanol–water partition coefficient (Wildman–Crippen LogP) is 2.86. The summed E-state index contributed by atoms with van der Waals surface area (Å²) in [5.41, 5.74) is 2.13. The monoisotopic (exact) mass is 494 g/mol. The second-order valence-electron chi connectivity index (χ2n) is 7.85. The maximum atomic E-state index is 13.7. The Morgan fingerprint density at radius 3 is 2.20 bits per heavy atom. The molecule has 1 atom stereocenters. The van der Waals surface area contributed by atoms with Gasteiger partial charge in [0.2, 0.25) is 0 Å². The number of thiazole rings is 1. The summed E-state index contributed by atoms with van der Waals surface area (Å²) in [6.07, 6.45) is 1.76. The molecule has 0 radical (unpaired) electrons. The first kappa shape index (κ1) is 24.3. The summed E-state index contributed by atoms with van der Waals surface area (Å²) >= 11 is 1.25. The van der Waals surface area contributed by atoms with Gasteiger partial charge in [-0.3, -0.25) is 14.2 Å². The van der Waals surface area contributed by atoms with Crippen molar-refractivity contribution in [2.24, 2.45) is 4.99 Å². The SMILES string of the molecule is COc1ccc(/C=c2\sc3n(c2=O)C(c2ccc(OC)cc2OC)C(C(C)=O)=C(C)N=3)c(OC)c1. The van der Waals surface area contributed by atoms with Crippen LogP contribution in [0.1, 0.15) is 31.0 Å². The lowest BCUT2D eigenvalue weighted by atomic mass is 9.92. The number of carbonyl (C=O) groups excluding carboxylic acids is 1. The number of benzene rings is 2. The Labute approximate surface area is 206 Å². The van der Waals surface area contributed by atoms with Crippen LogP contribution in [-0.4, -0.2) is 38.8 Å². The first-order chi connectivity index (χ1) is 16.8. The van der Waals surface area contributed by atoms with Crippen LogP contribution in [0.2, 0.25) is 0 Å². The zero-order valence-corrected chi connectivity index (χ0v) is 21.2. The van der Waals surface area contributed by atoms with Crippen molar-refractivity contribution in [3.63, 3.8) is 0 Å². The van der Waals surface area contributed by atoms with E-state index in [2.05, 4.69) is 4.99 Å². The number of hydrogen-bond acceptors (Lipinski definition) is 8. The largest absolute Gasteiger partial charge is 0.497 e. The minimum Gasteiger partial charge on any atom is -0.497 e. The lowest BCUT2D eigenvalue weighted by Gasteiger charge is -2.26. The van der Waals surface area contributed by atoms with E-state index in [1.807, 2.05) is 12.1 Å². The average Bonchev–Trinajstić information content (AvgIpc) is 3.16. The summed E-state index contributed by atoms with van der Waals surface area (Å²) in [6.45, 7) is 3.26. The quantitative estimate of drug-likeness (QED) is 0.502. The van der Waals surface area contributed by atoms with Gasteiger partial charge in [0.25, 0.3) is 5.56 Å². The zero-order valence-electron chi connectivity index (χ0n) is 20.4. The van der Waals surface area contributed by atoms with E-state index in [1.54, 1.807) is 70.3 Å². The van der Waals surface area contributed by atoms with Crippen LogP contribution in [0.25, 0.3) is 6.08 Å². The first-order valence-electron chi connectivity index (χ1n) is 10.8. The van der Waals surface area contributed by atoms with Gasteiger partial charge in [0.05, 0.1) is 39.0 Å². The summed E-state index contributed by atoms with van der Waals surface area (Å²) in [4.78, 5) is 31.6. The number of hydrogen-bond donors (Lipinski definition) is 0.